The summed E-state index contributed by atoms with van der Waals surface area (Å²) in [6.45, 7) is 6.39. The average molecular weight is 307 g/mol. The highest BCUT2D eigenvalue weighted by atomic mass is 35.5. The molecular formula is C17H32Cl2. The van der Waals surface area contributed by atoms with Crippen molar-refractivity contribution in [1.29, 1.82) is 0 Å². The molecule has 0 aliphatic heterocycles. The highest BCUT2D eigenvalue weighted by Gasteiger charge is 2.26. The van der Waals surface area contributed by atoms with Gasteiger partial charge in [-0.05, 0) is 19.8 Å². The van der Waals surface area contributed by atoms with Crippen molar-refractivity contribution in [2.45, 2.75) is 89.3 Å². The van der Waals surface area contributed by atoms with Gasteiger partial charge < -0.3 is 0 Å². The van der Waals surface area contributed by atoms with Crippen LogP contribution in [0.2, 0.25) is 0 Å². The zero-order valence-corrected chi connectivity index (χ0v) is 14.6. The standard InChI is InChI=1S/C17H32Cl2/c1-4-6-8-10-11-13-15-16(17(3,18)19)14-12-9-7-5-2/h12,14,16H,4-11,13,15H2,1-3H3. The van der Waals surface area contributed by atoms with Gasteiger partial charge in [-0.15, -0.1) is 23.2 Å². The topological polar surface area (TPSA) is 0 Å². The van der Waals surface area contributed by atoms with Gasteiger partial charge in [-0.1, -0.05) is 77.4 Å². The van der Waals surface area contributed by atoms with E-state index < -0.39 is 4.33 Å². The molecule has 1 unspecified atom stereocenters. The van der Waals surface area contributed by atoms with Crippen LogP contribution in [0.1, 0.15) is 85.0 Å². The van der Waals surface area contributed by atoms with Crippen LogP contribution in [-0.2, 0) is 0 Å². The maximum atomic E-state index is 6.29. The van der Waals surface area contributed by atoms with Gasteiger partial charge >= 0.3 is 0 Å². The second kappa shape index (κ2) is 12.1. The van der Waals surface area contributed by atoms with Gasteiger partial charge in [0.15, 0.2) is 0 Å². The smallest absolute Gasteiger partial charge is 0.101 e. The first kappa shape index (κ1) is 19.3. The molecule has 0 N–H and O–H groups in total. The van der Waals surface area contributed by atoms with E-state index in [1.165, 1.54) is 51.4 Å². The van der Waals surface area contributed by atoms with Crippen LogP contribution in [0.25, 0.3) is 0 Å². The predicted octanol–water partition coefficient (Wildman–Crippen LogP) is 7.29. The Kier molecular flexibility index (Phi) is 12.3. The number of unbranched alkanes of at least 4 members (excludes halogenated alkanes) is 7. The summed E-state index contributed by atoms with van der Waals surface area (Å²) in [6, 6.07) is 0. The van der Waals surface area contributed by atoms with Crippen molar-refractivity contribution in [3.63, 3.8) is 0 Å². The number of halogens is 2. The molecule has 0 nitrogen and oxygen atoms in total. The SMILES string of the molecule is CCCCC=CC(CCCCCCCC)C(C)(Cl)Cl. The molecule has 0 aromatic heterocycles. The van der Waals surface area contributed by atoms with Gasteiger partial charge in [0, 0.05) is 5.92 Å². The minimum Gasteiger partial charge on any atom is -0.101 e. The van der Waals surface area contributed by atoms with E-state index in [-0.39, 0.29) is 0 Å². The molecule has 0 aromatic rings. The van der Waals surface area contributed by atoms with Crippen LogP contribution >= 0.6 is 23.2 Å². The van der Waals surface area contributed by atoms with E-state index in [0.717, 1.165) is 12.8 Å². The van der Waals surface area contributed by atoms with Gasteiger partial charge in [0.25, 0.3) is 0 Å². The lowest BCUT2D eigenvalue weighted by Gasteiger charge is -2.23. The third-order valence-corrected chi connectivity index (χ3v) is 4.17. The zero-order chi connectivity index (χ0) is 14.6. The summed E-state index contributed by atoms with van der Waals surface area (Å²) >= 11 is 12.6. The number of hydrogen-bond donors (Lipinski definition) is 0. The second-order valence-corrected chi connectivity index (χ2v) is 7.45. The molecule has 0 aromatic carbocycles. The summed E-state index contributed by atoms with van der Waals surface area (Å²) in [5.41, 5.74) is 0. The van der Waals surface area contributed by atoms with Crippen molar-refractivity contribution in [3.05, 3.63) is 12.2 Å². The predicted molar refractivity (Wildman–Crippen MR) is 90.3 cm³/mol. The molecule has 19 heavy (non-hydrogen) atoms. The quantitative estimate of drug-likeness (QED) is 0.202. The van der Waals surface area contributed by atoms with Gasteiger partial charge in [-0.3, -0.25) is 0 Å². The normalized spacial score (nSPS) is 14.2. The lowest BCUT2D eigenvalue weighted by atomic mass is 9.96. The van der Waals surface area contributed by atoms with Crippen molar-refractivity contribution in [3.8, 4) is 0 Å². The van der Waals surface area contributed by atoms with Crippen LogP contribution in [0.15, 0.2) is 12.2 Å². The Morgan fingerprint density at radius 2 is 1.47 bits per heavy atom. The molecule has 0 spiro atoms. The Morgan fingerprint density at radius 3 is 2.05 bits per heavy atom. The van der Waals surface area contributed by atoms with Gasteiger partial charge in [0.1, 0.15) is 4.33 Å². The number of rotatable bonds is 12. The van der Waals surface area contributed by atoms with Crippen LogP contribution in [0.3, 0.4) is 0 Å². The van der Waals surface area contributed by atoms with E-state index in [2.05, 4.69) is 26.0 Å². The first-order valence-corrected chi connectivity index (χ1v) is 8.82. The molecular weight excluding hydrogens is 275 g/mol. The van der Waals surface area contributed by atoms with E-state index in [1.54, 1.807) is 0 Å². The Hall–Kier alpha value is 0.320. The summed E-state index contributed by atoms with van der Waals surface area (Å²) in [6.07, 6.45) is 17.2. The largest absolute Gasteiger partial charge is 0.121 e. The van der Waals surface area contributed by atoms with E-state index in [9.17, 15) is 0 Å². The molecule has 0 fully saturated rings. The summed E-state index contributed by atoms with van der Waals surface area (Å²) < 4.78 is -0.633. The van der Waals surface area contributed by atoms with Gasteiger partial charge in [0.2, 0.25) is 0 Å². The maximum absolute atomic E-state index is 6.29. The van der Waals surface area contributed by atoms with Crippen LogP contribution in [0.4, 0.5) is 0 Å². The molecule has 0 saturated carbocycles. The summed E-state index contributed by atoms with van der Waals surface area (Å²) in [5, 5.41) is 0. The molecule has 114 valence electrons. The molecule has 0 aliphatic rings. The Morgan fingerprint density at radius 1 is 0.895 bits per heavy atom. The molecule has 0 radical (unpaired) electrons. The molecule has 0 bridgehead atoms. The lowest BCUT2D eigenvalue weighted by molar-refractivity contribution is 0.491. The van der Waals surface area contributed by atoms with Crippen molar-refractivity contribution in [2.24, 2.45) is 5.92 Å². The summed E-state index contributed by atoms with van der Waals surface area (Å²) in [5.74, 6) is 0.291. The minimum atomic E-state index is -0.633. The monoisotopic (exact) mass is 306 g/mol. The zero-order valence-electron chi connectivity index (χ0n) is 13.1. The minimum absolute atomic E-state index is 0.291. The second-order valence-electron chi connectivity index (χ2n) is 5.69. The fraction of sp³-hybridized carbons (Fsp3) is 0.882. The third-order valence-electron chi connectivity index (χ3n) is 3.61. The Balaban J connectivity index is 3.91. The van der Waals surface area contributed by atoms with Crippen LogP contribution in [0.5, 0.6) is 0 Å². The van der Waals surface area contributed by atoms with E-state index >= 15 is 0 Å². The fourth-order valence-electron chi connectivity index (χ4n) is 2.25. The fourth-order valence-corrected chi connectivity index (χ4v) is 2.61. The van der Waals surface area contributed by atoms with Gasteiger partial charge in [-0.25, -0.2) is 0 Å². The summed E-state index contributed by atoms with van der Waals surface area (Å²) in [7, 11) is 0. The van der Waals surface area contributed by atoms with E-state index in [1.807, 2.05) is 6.92 Å². The molecule has 0 aliphatic carbocycles. The first-order valence-electron chi connectivity index (χ1n) is 8.06. The molecule has 2 heteroatoms. The third kappa shape index (κ3) is 11.8. The molecule has 0 rings (SSSR count). The molecule has 0 heterocycles. The van der Waals surface area contributed by atoms with Crippen LogP contribution < -0.4 is 0 Å². The van der Waals surface area contributed by atoms with Crippen LogP contribution in [0, 0.1) is 5.92 Å². The highest BCUT2D eigenvalue weighted by molar-refractivity contribution is 6.48. The molecule has 0 saturated heterocycles. The lowest BCUT2D eigenvalue weighted by Crippen LogP contribution is -2.19. The Labute approximate surface area is 130 Å². The Bertz CT molecular complexity index is 216. The van der Waals surface area contributed by atoms with Crippen LogP contribution in [-0.4, -0.2) is 4.33 Å². The van der Waals surface area contributed by atoms with Gasteiger partial charge in [0.05, 0.1) is 0 Å². The van der Waals surface area contributed by atoms with E-state index in [0.29, 0.717) is 5.92 Å². The van der Waals surface area contributed by atoms with Crippen molar-refractivity contribution >= 4 is 23.2 Å². The van der Waals surface area contributed by atoms with Crippen molar-refractivity contribution in [1.82, 2.24) is 0 Å². The summed E-state index contributed by atoms with van der Waals surface area (Å²) in [4.78, 5) is 0. The number of hydrogen-bond acceptors (Lipinski definition) is 0. The average Bonchev–Trinajstić information content (AvgIpc) is 2.34. The van der Waals surface area contributed by atoms with Crippen molar-refractivity contribution in [2.75, 3.05) is 0 Å². The number of alkyl halides is 2. The molecule has 0 amide bonds. The highest BCUT2D eigenvalue weighted by Crippen LogP contribution is 2.34. The van der Waals surface area contributed by atoms with Crippen molar-refractivity contribution < 1.29 is 0 Å². The molecule has 1 atom stereocenters. The van der Waals surface area contributed by atoms with Gasteiger partial charge in [-0.2, -0.15) is 0 Å². The van der Waals surface area contributed by atoms with E-state index in [4.69, 9.17) is 23.2 Å². The maximum Gasteiger partial charge on any atom is 0.121 e. The number of allylic oxidation sites excluding steroid dienone is 2. The first-order chi connectivity index (χ1) is 9.02.